The molecule has 1 rings (SSSR count). The van der Waals surface area contributed by atoms with Crippen LogP contribution in [0.4, 0.5) is 0 Å². The SMILES string of the molecule is CCC/C=C\[C@H](C[C@H](CC(=O)O[C@H](CCCCC)C[C@H](CC(=O)O[C@H](CCCCC)C[C@H](CC(OC)OC)O[Si](C)(C)C(C)(C)C)O[Si](C)(C)C(C)(C)C)O[Si](C)(C)C(C)(C)C)OCc1ccccc1. The summed E-state index contributed by atoms with van der Waals surface area (Å²) in [5.74, 6) is -0.599. The van der Waals surface area contributed by atoms with Crippen LogP contribution in [0, 0.1) is 0 Å². The van der Waals surface area contributed by atoms with Crippen LogP contribution in [0.25, 0.3) is 0 Å². The topological polar surface area (TPSA) is 108 Å². The molecule has 0 bridgehead atoms. The molecule has 1 aromatic carbocycles. The van der Waals surface area contributed by atoms with Gasteiger partial charge in [0, 0.05) is 39.9 Å². The normalized spacial score (nSPS) is 16.0. The summed E-state index contributed by atoms with van der Waals surface area (Å²) in [6.45, 7) is 40.4. The van der Waals surface area contributed by atoms with Crippen molar-refractivity contribution >= 4 is 36.9 Å². The number of methoxy groups -OCH3 is 2. The third kappa shape index (κ3) is 26.0. The first-order valence-corrected chi connectivity index (χ1v) is 36.0. The molecule has 6 atom stereocenters. The van der Waals surface area contributed by atoms with Gasteiger partial charge in [-0.2, -0.15) is 0 Å². The zero-order valence-electron chi connectivity index (χ0n) is 48.7. The van der Waals surface area contributed by atoms with Gasteiger partial charge in [0.2, 0.25) is 0 Å². The standard InChI is InChI=1S/C57H108O10Si3/c1-21-24-28-35-46(62-44-45-33-31-27-32-34-45)38-49(65-68(15,16)55(4,5)6)41-52(58)63-47(36-29-25-22-2)39-50(66-69(17,18)56(7,8)9)42-53(59)64-48(37-30-26-23-3)40-51(43-54(60-13)61-14)67-70(19,20)57(10,11)12/h27-28,31-35,46-51,54H,21-26,29-30,36-44H2,1-20H3/b35-28-/t46-,47-,48-,49-,50-,51-/m1/s1. The maximum Gasteiger partial charge on any atom is 0.308 e. The molecule has 0 radical (unpaired) electrons. The maximum atomic E-state index is 14.5. The van der Waals surface area contributed by atoms with E-state index < -0.39 is 49.6 Å². The van der Waals surface area contributed by atoms with Crippen molar-refractivity contribution in [2.24, 2.45) is 0 Å². The van der Waals surface area contributed by atoms with E-state index in [1.807, 2.05) is 18.2 Å². The number of hydrogen-bond donors (Lipinski definition) is 0. The summed E-state index contributed by atoms with van der Waals surface area (Å²) in [6.07, 6.45) is 13.2. The van der Waals surface area contributed by atoms with Crippen LogP contribution >= 0.6 is 0 Å². The highest BCUT2D eigenvalue weighted by Gasteiger charge is 2.43. The number of hydrogen-bond acceptors (Lipinski definition) is 10. The largest absolute Gasteiger partial charge is 0.462 e. The van der Waals surface area contributed by atoms with E-state index >= 15 is 0 Å². The van der Waals surface area contributed by atoms with E-state index in [1.54, 1.807) is 14.2 Å². The molecule has 408 valence electrons. The van der Waals surface area contributed by atoms with Gasteiger partial charge >= 0.3 is 11.9 Å². The number of rotatable bonds is 36. The van der Waals surface area contributed by atoms with E-state index in [0.29, 0.717) is 38.7 Å². The van der Waals surface area contributed by atoms with E-state index in [0.717, 1.165) is 63.4 Å². The van der Waals surface area contributed by atoms with Gasteiger partial charge < -0.3 is 37.0 Å². The molecule has 0 fully saturated rings. The van der Waals surface area contributed by atoms with Crippen molar-refractivity contribution in [2.75, 3.05) is 14.2 Å². The smallest absolute Gasteiger partial charge is 0.308 e. The highest BCUT2D eigenvalue weighted by Crippen LogP contribution is 2.41. The number of ether oxygens (including phenoxy) is 5. The molecule has 0 aliphatic rings. The van der Waals surface area contributed by atoms with Crippen LogP contribution in [0.5, 0.6) is 0 Å². The third-order valence-electron chi connectivity index (χ3n) is 15.1. The summed E-state index contributed by atoms with van der Waals surface area (Å²) in [4.78, 5) is 28.9. The minimum absolute atomic E-state index is 0.00959. The molecule has 0 aromatic heterocycles. The Bertz CT molecular complexity index is 1590. The highest BCUT2D eigenvalue weighted by atomic mass is 28.4. The average molecular weight is 1040 g/mol. The lowest BCUT2D eigenvalue weighted by atomic mass is 10.0. The van der Waals surface area contributed by atoms with E-state index in [1.165, 1.54) is 0 Å². The van der Waals surface area contributed by atoms with Gasteiger partial charge in [-0.25, -0.2) is 0 Å². The molecule has 0 aliphatic carbocycles. The predicted octanol–water partition coefficient (Wildman–Crippen LogP) is 16.0. The second-order valence-corrected chi connectivity index (χ2v) is 38.8. The van der Waals surface area contributed by atoms with Crippen molar-refractivity contribution in [3.05, 3.63) is 48.0 Å². The predicted molar refractivity (Wildman–Crippen MR) is 299 cm³/mol. The molecule has 10 nitrogen and oxygen atoms in total. The zero-order chi connectivity index (χ0) is 53.4. The summed E-state index contributed by atoms with van der Waals surface area (Å²) >= 11 is 0. The maximum absolute atomic E-state index is 14.5. The molecule has 0 aliphatic heterocycles. The van der Waals surface area contributed by atoms with Gasteiger partial charge in [0.05, 0.1) is 43.9 Å². The first-order valence-electron chi connectivity index (χ1n) is 27.2. The van der Waals surface area contributed by atoms with Crippen LogP contribution in [0.1, 0.15) is 191 Å². The van der Waals surface area contributed by atoms with Crippen molar-refractivity contribution in [1.82, 2.24) is 0 Å². The van der Waals surface area contributed by atoms with Crippen molar-refractivity contribution in [3.8, 4) is 0 Å². The highest BCUT2D eigenvalue weighted by molar-refractivity contribution is 6.75. The van der Waals surface area contributed by atoms with Crippen LogP contribution < -0.4 is 0 Å². The van der Waals surface area contributed by atoms with Gasteiger partial charge in [0.25, 0.3) is 0 Å². The molecular weight excluding hydrogens is 929 g/mol. The van der Waals surface area contributed by atoms with Crippen LogP contribution in [-0.2, 0) is 53.2 Å². The van der Waals surface area contributed by atoms with Crippen LogP contribution in [0.2, 0.25) is 54.4 Å². The molecule has 0 saturated carbocycles. The van der Waals surface area contributed by atoms with Gasteiger partial charge in [-0.15, -0.1) is 0 Å². The molecule has 0 amide bonds. The second kappa shape index (κ2) is 31.9. The van der Waals surface area contributed by atoms with Crippen molar-refractivity contribution in [2.45, 2.75) is 290 Å². The Morgan fingerprint density at radius 1 is 0.543 bits per heavy atom. The Hall–Kier alpha value is -1.69. The van der Waals surface area contributed by atoms with Crippen molar-refractivity contribution < 1.29 is 46.6 Å². The fourth-order valence-electron chi connectivity index (χ4n) is 7.60. The number of unbranched alkanes of at least 4 members (excludes halogenated alkanes) is 5. The van der Waals surface area contributed by atoms with Gasteiger partial charge in [-0.3, -0.25) is 9.59 Å². The molecule has 0 spiro atoms. The zero-order valence-corrected chi connectivity index (χ0v) is 51.7. The van der Waals surface area contributed by atoms with Crippen LogP contribution in [-0.4, -0.2) is 94.0 Å². The lowest BCUT2D eigenvalue weighted by molar-refractivity contribution is -0.156. The summed E-state index contributed by atoms with van der Waals surface area (Å²) in [5, 5.41) is -0.188. The minimum Gasteiger partial charge on any atom is -0.462 e. The summed E-state index contributed by atoms with van der Waals surface area (Å²) in [6, 6.07) is 10.2. The third-order valence-corrected chi connectivity index (χ3v) is 28.7. The number of allylic oxidation sites excluding steroid dienone is 1. The van der Waals surface area contributed by atoms with E-state index in [4.69, 9.17) is 37.0 Å². The average Bonchev–Trinajstić information content (AvgIpc) is 3.23. The molecule has 70 heavy (non-hydrogen) atoms. The number of carbonyl (C=O) groups excluding carboxylic acids is 2. The van der Waals surface area contributed by atoms with Gasteiger partial charge in [0.15, 0.2) is 31.2 Å². The molecule has 13 heteroatoms. The number of benzene rings is 1. The molecular formula is C57H108O10Si3. The molecule has 0 unspecified atom stereocenters. The Kier molecular flexibility index (Phi) is 30.2. The number of esters is 2. The van der Waals surface area contributed by atoms with Crippen molar-refractivity contribution in [1.29, 1.82) is 0 Å². The molecule has 0 N–H and O–H groups in total. The quantitative estimate of drug-likeness (QED) is 0.0212. The van der Waals surface area contributed by atoms with E-state index in [2.05, 4.69) is 147 Å². The second-order valence-electron chi connectivity index (χ2n) is 24.5. The fraction of sp³-hybridized carbons (Fsp3) is 0.825. The van der Waals surface area contributed by atoms with Crippen LogP contribution in [0.15, 0.2) is 42.5 Å². The Morgan fingerprint density at radius 2 is 0.957 bits per heavy atom. The molecule has 0 heterocycles. The summed E-state index contributed by atoms with van der Waals surface area (Å²) in [7, 11) is -3.64. The van der Waals surface area contributed by atoms with Crippen LogP contribution in [0.3, 0.4) is 0 Å². The molecule has 0 saturated heterocycles. The monoisotopic (exact) mass is 1040 g/mol. The van der Waals surface area contributed by atoms with Gasteiger partial charge in [0.1, 0.15) is 12.2 Å². The first kappa shape index (κ1) is 66.3. The summed E-state index contributed by atoms with van der Waals surface area (Å²) in [5.41, 5.74) is 1.10. The Labute approximate surface area is 433 Å². The molecule has 1 aromatic rings. The lowest BCUT2D eigenvalue weighted by Gasteiger charge is -2.41. The van der Waals surface area contributed by atoms with E-state index in [-0.39, 0.29) is 58.2 Å². The first-order chi connectivity index (χ1) is 32.4. The Balaban J connectivity index is 3.63. The summed E-state index contributed by atoms with van der Waals surface area (Å²) < 4.78 is 52.2. The Morgan fingerprint density at radius 3 is 1.36 bits per heavy atom. The lowest BCUT2D eigenvalue weighted by Crippen LogP contribution is -2.46. The number of carbonyl (C=O) groups is 2. The van der Waals surface area contributed by atoms with Gasteiger partial charge in [-0.05, 0) is 92.1 Å². The van der Waals surface area contributed by atoms with Crippen molar-refractivity contribution in [3.63, 3.8) is 0 Å². The van der Waals surface area contributed by atoms with Gasteiger partial charge in [-0.1, -0.05) is 158 Å². The minimum atomic E-state index is -2.41. The van der Waals surface area contributed by atoms with E-state index in [9.17, 15) is 9.59 Å². The fourth-order valence-corrected chi connectivity index (χ4v) is 11.7.